The van der Waals surface area contributed by atoms with Crippen molar-refractivity contribution in [3.63, 3.8) is 0 Å². The Morgan fingerprint density at radius 1 is 0.697 bits per heavy atom. The molecular weight excluding hydrogens is 1130 g/mol. The van der Waals surface area contributed by atoms with E-state index in [1.165, 1.54) is 20.8 Å². The Labute approximate surface area is 406 Å². The van der Waals surface area contributed by atoms with Crippen molar-refractivity contribution in [2.24, 2.45) is 10.2 Å². The quantitative estimate of drug-likeness (QED) is 0.0348. The van der Waals surface area contributed by atoms with Crippen LogP contribution in [0.3, 0.4) is 0 Å². The fraction of sp³-hybridized carbons (Fsp3) is 0.286. The van der Waals surface area contributed by atoms with Crippen LogP contribution < -0.4 is 10.0 Å². The van der Waals surface area contributed by atoms with Crippen LogP contribution in [0.4, 0.5) is 38.0 Å². The summed E-state index contributed by atoms with van der Waals surface area (Å²) in [5.41, 5.74) is -8.98. The molecular formula is C35H37Ag2F6N11O10S2. The maximum Gasteiger partial charge on any atom is 1.00 e. The van der Waals surface area contributed by atoms with Crippen molar-refractivity contribution in [3.8, 4) is 18.2 Å². The molecule has 21 nitrogen and oxygen atoms in total. The monoisotopic (exact) mass is 1160 g/mol. The number of anilines is 2. The van der Waals surface area contributed by atoms with E-state index in [1.54, 1.807) is 104 Å². The second kappa shape index (κ2) is 35.4. The Balaban J connectivity index is -0.000000377. The van der Waals surface area contributed by atoms with Gasteiger partial charge in [-0.25, -0.2) is 46.4 Å². The number of pyridine rings is 2. The number of carbonyl (C=O) groups excluding carboxylic acids is 2. The Morgan fingerprint density at radius 3 is 1.21 bits per heavy atom. The van der Waals surface area contributed by atoms with Gasteiger partial charge < -0.3 is 18.6 Å². The Kier molecular flexibility index (Phi) is 37.0. The van der Waals surface area contributed by atoms with Crippen molar-refractivity contribution in [2.75, 3.05) is 24.1 Å². The third kappa shape index (κ3) is 32.7. The van der Waals surface area contributed by atoms with E-state index >= 15 is 0 Å². The molecule has 0 aliphatic heterocycles. The van der Waals surface area contributed by atoms with E-state index in [0.29, 0.717) is 40.2 Å². The number of aryl methyl sites for hydroxylation is 1. The topological polar surface area (TPSA) is 321 Å². The van der Waals surface area contributed by atoms with E-state index in [0.717, 1.165) is 12.2 Å². The van der Waals surface area contributed by atoms with Gasteiger partial charge in [-0.2, -0.15) is 52.3 Å². The molecule has 0 aliphatic carbocycles. The van der Waals surface area contributed by atoms with E-state index in [1.807, 2.05) is 0 Å². The van der Waals surface area contributed by atoms with Crippen LogP contribution in [-0.4, -0.2) is 95.4 Å². The molecule has 0 saturated carbocycles. The van der Waals surface area contributed by atoms with E-state index in [2.05, 4.69) is 43.3 Å². The third-order valence-corrected chi connectivity index (χ3v) is 6.62. The Morgan fingerprint density at radius 2 is 0.970 bits per heavy atom. The van der Waals surface area contributed by atoms with Crippen molar-refractivity contribution in [2.45, 2.75) is 51.9 Å². The number of aromatic nitrogens is 4. The largest absolute Gasteiger partial charge is 1.00 e. The second-order valence-corrected chi connectivity index (χ2v) is 13.1. The molecule has 0 aliphatic rings. The maximum absolute atomic E-state index is 11.3. The second-order valence-electron chi connectivity index (χ2n) is 10.4. The standard InChI is InChI=1S/C27H28N8O4.3C2H3N.2CHF3O3S.2Ag/c1-6-26(36)38-17-22-12-8-10-20(32-22)15-28-34(4)24-14-25(31-19(3)30-24)35(5)29-16-21-11-9-13-23(33-21)18-39-27(37)7-2;3*1-2-3;2*2-1(3,4)8(5,6)7;;/h6-16H,1-2,17-18H2,3-5H3;3*1H3;2*(H,5,6,7);;/q;;;;;;2*+1/p-2/b28-15+,29-16+;;;;;;;. The van der Waals surface area contributed by atoms with Crippen LogP contribution in [0, 0.1) is 40.9 Å². The predicted octanol–water partition coefficient (Wildman–Crippen LogP) is 4.66. The number of esters is 2. The minimum Gasteiger partial charge on any atom is -0.741 e. The molecule has 0 N–H and O–H groups in total. The third-order valence-electron chi connectivity index (χ3n) is 5.48. The van der Waals surface area contributed by atoms with Gasteiger partial charge in [-0.15, -0.1) is 0 Å². The van der Waals surface area contributed by atoms with Crippen molar-refractivity contribution in [3.05, 3.63) is 96.4 Å². The van der Waals surface area contributed by atoms with Gasteiger partial charge in [0.2, 0.25) is 0 Å². The van der Waals surface area contributed by atoms with Crippen molar-refractivity contribution in [1.29, 1.82) is 15.8 Å². The van der Waals surface area contributed by atoms with Gasteiger partial charge in [-0.1, -0.05) is 25.3 Å². The first-order chi connectivity index (χ1) is 29.5. The number of hydrogen-bond acceptors (Lipinski definition) is 21. The number of ether oxygens (including phenoxy) is 2. The molecule has 3 heterocycles. The zero-order valence-electron chi connectivity index (χ0n) is 34.9. The molecule has 368 valence electrons. The number of halogens is 6. The van der Waals surface area contributed by atoms with E-state index < -0.39 is 43.2 Å². The van der Waals surface area contributed by atoms with E-state index in [-0.39, 0.29) is 58.0 Å². The molecule has 66 heavy (non-hydrogen) atoms. The van der Waals surface area contributed by atoms with Gasteiger partial charge in [0.1, 0.15) is 19.0 Å². The average Bonchev–Trinajstić information content (AvgIpc) is 3.20. The van der Waals surface area contributed by atoms with Crippen molar-refractivity contribution < 1.29 is 116 Å². The first-order valence-electron chi connectivity index (χ1n) is 16.4. The summed E-state index contributed by atoms with van der Waals surface area (Å²) in [5, 5.41) is 34.0. The first kappa shape index (κ1) is 69.1. The van der Waals surface area contributed by atoms with Gasteiger partial charge in [-0.05, 0) is 31.2 Å². The fourth-order valence-electron chi connectivity index (χ4n) is 2.99. The van der Waals surface area contributed by atoms with Crippen molar-refractivity contribution in [1.82, 2.24) is 19.9 Å². The zero-order valence-corrected chi connectivity index (χ0v) is 39.5. The van der Waals surface area contributed by atoms with Gasteiger partial charge in [-0.3, -0.25) is 10.0 Å². The van der Waals surface area contributed by atoms with Gasteiger partial charge in [0.25, 0.3) is 0 Å². The normalized spacial score (nSPS) is 10.2. The van der Waals surface area contributed by atoms with Gasteiger partial charge >= 0.3 is 67.7 Å². The Bertz CT molecular complexity index is 2240. The number of hydrogen-bond donors (Lipinski definition) is 0. The predicted molar refractivity (Wildman–Crippen MR) is 213 cm³/mol. The van der Waals surface area contributed by atoms with Crippen LogP contribution in [0.1, 0.15) is 49.4 Å². The molecule has 0 unspecified atom stereocenters. The molecule has 3 aromatic rings. The summed E-state index contributed by atoms with van der Waals surface area (Å²) < 4.78 is 128. The summed E-state index contributed by atoms with van der Waals surface area (Å²) >= 11 is 0. The number of carbonyl (C=O) groups is 2. The van der Waals surface area contributed by atoms with Gasteiger partial charge in [0, 0.05) is 53.1 Å². The van der Waals surface area contributed by atoms with E-state index in [9.17, 15) is 35.9 Å². The molecule has 0 bridgehead atoms. The summed E-state index contributed by atoms with van der Waals surface area (Å²) in [6.07, 6.45) is 5.34. The van der Waals surface area contributed by atoms with Crippen LogP contribution in [-0.2, 0) is 97.3 Å². The molecule has 0 saturated heterocycles. The molecule has 3 rings (SSSR count). The van der Waals surface area contributed by atoms with Crippen LogP contribution in [0.2, 0.25) is 0 Å². The summed E-state index contributed by atoms with van der Waals surface area (Å²) in [7, 11) is -8.69. The van der Waals surface area contributed by atoms with E-state index in [4.69, 9.17) is 51.2 Å². The molecule has 31 heteroatoms. The van der Waals surface area contributed by atoms with Gasteiger partial charge in [0.05, 0.1) is 53.4 Å². The van der Waals surface area contributed by atoms with Crippen LogP contribution in [0.5, 0.6) is 0 Å². The summed E-state index contributed by atoms with van der Waals surface area (Å²) in [6.45, 7) is 12.9. The molecule has 0 fully saturated rings. The smallest absolute Gasteiger partial charge is 0.741 e. The van der Waals surface area contributed by atoms with Crippen LogP contribution in [0.15, 0.2) is 78.0 Å². The molecule has 0 amide bonds. The summed E-state index contributed by atoms with van der Waals surface area (Å²) in [5.74, 6) is 0.569. The number of alkyl halides is 6. The maximum atomic E-state index is 11.3. The average molecular weight is 1170 g/mol. The number of nitrogens with zero attached hydrogens (tertiary/aromatic N) is 11. The molecule has 3 aromatic heterocycles. The van der Waals surface area contributed by atoms with Crippen molar-refractivity contribution >= 4 is 56.2 Å². The summed E-state index contributed by atoms with van der Waals surface area (Å²) in [6, 6.07) is 17.6. The van der Waals surface area contributed by atoms with Crippen LogP contribution >= 0.6 is 0 Å². The number of nitriles is 3. The Hall–Kier alpha value is -5.91. The summed E-state index contributed by atoms with van der Waals surface area (Å²) in [4.78, 5) is 40.3. The molecule has 0 spiro atoms. The molecule has 0 aromatic carbocycles. The zero-order chi connectivity index (χ0) is 50.3. The SMILES string of the molecule is C=CC(=O)OCc1cccc(/C=N/N(C)c2cc(N(C)/N=C/c3cccc(COC(=O)C=C)n3)nc(C)n2)n1.CC#N.CC#N.CC#N.O=S(=O)([O-])C(F)(F)F.O=S(=O)([O-])C(F)(F)F.[Ag+].[Ag+]. The molecule has 0 radical (unpaired) electrons. The first-order valence-corrected chi connectivity index (χ1v) is 19.2. The van der Waals surface area contributed by atoms with Crippen LogP contribution in [0.25, 0.3) is 0 Å². The minimum atomic E-state index is -6.09. The molecule has 0 atom stereocenters. The number of rotatable bonds is 12. The van der Waals surface area contributed by atoms with Gasteiger partial charge in [0.15, 0.2) is 31.9 Å². The number of hydrazone groups is 2. The minimum absolute atomic E-state index is 0. The fourth-order valence-corrected chi connectivity index (χ4v) is 2.99.